The predicted octanol–water partition coefficient (Wildman–Crippen LogP) is 2.77. The lowest BCUT2D eigenvalue weighted by atomic mass is 10.1. The van der Waals surface area contributed by atoms with Crippen LogP contribution >= 0.6 is 11.6 Å². The van der Waals surface area contributed by atoms with Gasteiger partial charge in [-0.3, -0.25) is 9.59 Å². The van der Waals surface area contributed by atoms with Crippen LogP contribution in [0.1, 0.15) is 21.7 Å². The lowest BCUT2D eigenvalue weighted by molar-refractivity contribution is -0.131. The second kappa shape index (κ2) is 7.09. The third-order valence-corrected chi connectivity index (χ3v) is 4.38. The van der Waals surface area contributed by atoms with Crippen molar-refractivity contribution in [3.8, 4) is 0 Å². The predicted molar refractivity (Wildman–Crippen MR) is 91.1 cm³/mol. The lowest BCUT2D eigenvalue weighted by Gasteiger charge is -2.34. The molecule has 0 N–H and O–H groups in total. The fraction of sp³-hybridized carbons (Fsp3) is 0.333. The molecular weight excluding hydrogens is 328 g/mol. The van der Waals surface area contributed by atoms with E-state index in [9.17, 15) is 9.59 Å². The topological polar surface area (TPSA) is 53.8 Å². The van der Waals surface area contributed by atoms with Gasteiger partial charge in [-0.15, -0.1) is 0 Å². The number of aryl methyl sites for hydroxylation is 1. The average Bonchev–Trinajstić information content (AvgIpc) is 3.03. The molecule has 6 heteroatoms. The summed E-state index contributed by atoms with van der Waals surface area (Å²) in [7, 11) is 0. The van der Waals surface area contributed by atoms with E-state index in [1.807, 2.05) is 31.2 Å². The number of carbonyl (C=O) groups excluding carboxylic acids is 2. The van der Waals surface area contributed by atoms with Gasteiger partial charge in [0.2, 0.25) is 5.91 Å². The molecule has 1 saturated heterocycles. The standard InChI is InChI=1S/C18H19ClN2O3/c1-13-2-4-14(5-3-13)12-17(22)20-8-10-21(11-9-20)18(23)15-6-7-16(19)24-15/h2-7H,8-12H2,1H3. The highest BCUT2D eigenvalue weighted by Crippen LogP contribution is 2.16. The van der Waals surface area contributed by atoms with Gasteiger partial charge in [0.25, 0.3) is 5.91 Å². The number of hydrogen-bond donors (Lipinski definition) is 0. The summed E-state index contributed by atoms with van der Waals surface area (Å²) in [6, 6.07) is 11.1. The van der Waals surface area contributed by atoms with E-state index < -0.39 is 0 Å². The van der Waals surface area contributed by atoms with Crippen LogP contribution in [0.5, 0.6) is 0 Å². The molecule has 0 saturated carbocycles. The molecule has 2 aromatic rings. The van der Waals surface area contributed by atoms with Crippen LogP contribution in [0.2, 0.25) is 5.22 Å². The van der Waals surface area contributed by atoms with E-state index in [1.165, 1.54) is 5.56 Å². The Bertz CT molecular complexity index is 731. The number of carbonyl (C=O) groups is 2. The first-order valence-electron chi connectivity index (χ1n) is 7.91. The summed E-state index contributed by atoms with van der Waals surface area (Å²) in [6.07, 6.45) is 0.391. The number of amides is 2. The number of benzene rings is 1. The van der Waals surface area contributed by atoms with Crippen molar-refractivity contribution in [1.29, 1.82) is 0 Å². The molecule has 3 rings (SSSR count). The second-order valence-corrected chi connectivity index (χ2v) is 6.31. The summed E-state index contributed by atoms with van der Waals surface area (Å²) < 4.78 is 5.16. The van der Waals surface area contributed by atoms with E-state index in [0.717, 1.165) is 5.56 Å². The molecule has 5 nitrogen and oxygen atoms in total. The summed E-state index contributed by atoms with van der Waals surface area (Å²) >= 11 is 5.70. The maximum Gasteiger partial charge on any atom is 0.289 e. The first-order valence-corrected chi connectivity index (χ1v) is 8.28. The summed E-state index contributed by atoms with van der Waals surface area (Å²) in [6.45, 7) is 4.08. The molecule has 1 aliphatic heterocycles. The van der Waals surface area contributed by atoms with Crippen LogP contribution in [0.4, 0.5) is 0 Å². The maximum absolute atomic E-state index is 12.4. The third kappa shape index (κ3) is 3.79. The van der Waals surface area contributed by atoms with Crippen LogP contribution < -0.4 is 0 Å². The minimum atomic E-state index is -0.187. The Hall–Kier alpha value is -2.27. The van der Waals surface area contributed by atoms with Crippen LogP contribution in [-0.2, 0) is 11.2 Å². The number of rotatable bonds is 3. The van der Waals surface area contributed by atoms with Crippen molar-refractivity contribution in [2.24, 2.45) is 0 Å². The summed E-state index contributed by atoms with van der Waals surface area (Å²) in [5, 5.41) is 0.199. The molecule has 0 bridgehead atoms. The van der Waals surface area contributed by atoms with Crippen LogP contribution in [0, 0.1) is 6.92 Å². The van der Waals surface area contributed by atoms with Gasteiger partial charge in [0.1, 0.15) is 0 Å². The Labute approximate surface area is 145 Å². The van der Waals surface area contributed by atoms with Gasteiger partial charge in [-0.2, -0.15) is 0 Å². The van der Waals surface area contributed by atoms with Crippen LogP contribution in [0.3, 0.4) is 0 Å². The number of nitrogens with zero attached hydrogens (tertiary/aromatic N) is 2. The minimum Gasteiger partial charge on any atom is -0.440 e. The molecule has 0 atom stereocenters. The van der Waals surface area contributed by atoms with Crippen LogP contribution in [0.25, 0.3) is 0 Å². The highest BCUT2D eigenvalue weighted by Gasteiger charge is 2.26. The Kier molecular flexibility index (Phi) is 4.90. The SMILES string of the molecule is Cc1ccc(CC(=O)N2CCN(C(=O)c3ccc(Cl)o3)CC2)cc1. The molecule has 1 aromatic carbocycles. The zero-order valence-electron chi connectivity index (χ0n) is 13.5. The molecule has 1 fully saturated rings. The van der Waals surface area contributed by atoms with Crippen molar-refractivity contribution in [3.63, 3.8) is 0 Å². The van der Waals surface area contributed by atoms with Crippen molar-refractivity contribution in [1.82, 2.24) is 9.80 Å². The Morgan fingerprint density at radius 1 is 1.00 bits per heavy atom. The summed E-state index contributed by atoms with van der Waals surface area (Å²) in [4.78, 5) is 28.2. The van der Waals surface area contributed by atoms with E-state index in [4.69, 9.17) is 16.0 Å². The highest BCUT2D eigenvalue weighted by molar-refractivity contribution is 6.29. The Balaban J connectivity index is 1.53. The molecule has 0 unspecified atom stereocenters. The molecule has 1 aromatic heterocycles. The van der Waals surface area contributed by atoms with E-state index >= 15 is 0 Å². The average molecular weight is 347 g/mol. The number of piperazine rings is 1. The van der Waals surface area contributed by atoms with E-state index in [-0.39, 0.29) is 22.8 Å². The number of halogens is 1. The molecule has 0 aliphatic carbocycles. The molecule has 0 spiro atoms. The van der Waals surface area contributed by atoms with Gasteiger partial charge in [0.15, 0.2) is 11.0 Å². The van der Waals surface area contributed by atoms with Gasteiger partial charge in [-0.1, -0.05) is 29.8 Å². The lowest BCUT2D eigenvalue weighted by Crippen LogP contribution is -2.50. The van der Waals surface area contributed by atoms with Gasteiger partial charge in [-0.25, -0.2) is 0 Å². The van der Waals surface area contributed by atoms with E-state index in [0.29, 0.717) is 32.6 Å². The van der Waals surface area contributed by atoms with E-state index in [1.54, 1.807) is 21.9 Å². The quantitative estimate of drug-likeness (QED) is 0.858. The van der Waals surface area contributed by atoms with E-state index in [2.05, 4.69) is 0 Å². The van der Waals surface area contributed by atoms with Gasteiger partial charge in [0, 0.05) is 26.2 Å². The smallest absolute Gasteiger partial charge is 0.289 e. The number of furan rings is 1. The summed E-state index contributed by atoms with van der Waals surface area (Å²) in [5.41, 5.74) is 2.19. The molecule has 0 radical (unpaired) electrons. The zero-order valence-corrected chi connectivity index (χ0v) is 14.3. The fourth-order valence-corrected chi connectivity index (χ4v) is 2.88. The van der Waals surface area contributed by atoms with Crippen molar-refractivity contribution >= 4 is 23.4 Å². The van der Waals surface area contributed by atoms with Crippen LogP contribution in [0.15, 0.2) is 40.8 Å². The third-order valence-electron chi connectivity index (χ3n) is 4.18. The van der Waals surface area contributed by atoms with Crippen molar-refractivity contribution in [3.05, 3.63) is 58.5 Å². The first kappa shape index (κ1) is 16.6. The molecule has 24 heavy (non-hydrogen) atoms. The van der Waals surface area contributed by atoms with Crippen molar-refractivity contribution in [2.75, 3.05) is 26.2 Å². The van der Waals surface area contributed by atoms with Crippen molar-refractivity contribution < 1.29 is 14.0 Å². The zero-order chi connectivity index (χ0) is 17.1. The molecule has 126 valence electrons. The van der Waals surface area contributed by atoms with Crippen molar-refractivity contribution in [2.45, 2.75) is 13.3 Å². The summed E-state index contributed by atoms with van der Waals surface area (Å²) in [5.74, 6) is 0.138. The van der Waals surface area contributed by atoms with Gasteiger partial charge in [-0.05, 0) is 36.2 Å². The molecular formula is C18H19ClN2O3. The highest BCUT2D eigenvalue weighted by atomic mass is 35.5. The maximum atomic E-state index is 12.4. The Morgan fingerprint density at radius 2 is 1.62 bits per heavy atom. The number of hydrogen-bond acceptors (Lipinski definition) is 3. The monoisotopic (exact) mass is 346 g/mol. The molecule has 1 aliphatic rings. The minimum absolute atomic E-state index is 0.0898. The molecule has 2 heterocycles. The Morgan fingerprint density at radius 3 is 2.21 bits per heavy atom. The van der Waals surface area contributed by atoms with Gasteiger partial charge in [0.05, 0.1) is 6.42 Å². The normalized spacial score (nSPS) is 14.8. The van der Waals surface area contributed by atoms with Gasteiger partial charge < -0.3 is 14.2 Å². The van der Waals surface area contributed by atoms with Crippen LogP contribution in [-0.4, -0.2) is 47.8 Å². The fourth-order valence-electron chi connectivity index (χ4n) is 2.74. The largest absolute Gasteiger partial charge is 0.440 e. The van der Waals surface area contributed by atoms with Gasteiger partial charge >= 0.3 is 0 Å². The second-order valence-electron chi connectivity index (χ2n) is 5.94. The molecule has 2 amide bonds. The first-order chi connectivity index (χ1) is 11.5.